The number of fused-ring (bicyclic) bond motifs is 10. The summed E-state index contributed by atoms with van der Waals surface area (Å²) in [6.45, 7) is 6.38. The highest BCUT2D eigenvalue weighted by Crippen LogP contribution is 2.64. The van der Waals surface area contributed by atoms with Crippen LogP contribution in [0.5, 0.6) is 0 Å². The van der Waals surface area contributed by atoms with Gasteiger partial charge in [0, 0.05) is 34.1 Å². The number of hydrogen-bond donors (Lipinski definition) is 0. The SMILES string of the molecule is C=C(C)N(c1ccccc1)c1ccc(-c2ccc3c(c2)C2(c4ccccc4-3)c3ccccc3-c3c(-c4ccc(N(c5ccccc5)c5ccc(-c6ccccc6)cc5)cc4)cccc32)cc1. The Labute approximate surface area is 387 Å². The van der Waals surface area contributed by atoms with Gasteiger partial charge in [0.1, 0.15) is 0 Å². The van der Waals surface area contributed by atoms with E-state index in [2.05, 4.69) is 272 Å². The molecule has 0 fully saturated rings. The number of rotatable bonds is 9. The Kier molecular flexibility index (Phi) is 9.47. The molecule has 0 saturated carbocycles. The van der Waals surface area contributed by atoms with Gasteiger partial charge in [-0.3, -0.25) is 0 Å². The lowest BCUT2D eigenvalue weighted by Crippen LogP contribution is -2.25. The fourth-order valence-electron chi connectivity index (χ4n) is 10.8. The summed E-state index contributed by atoms with van der Waals surface area (Å²) in [6, 6.07) is 90.9. The molecule has 2 nitrogen and oxygen atoms in total. The lowest BCUT2D eigenvalue weighted by Gasteiger charge is -2.31. The third-order valence-corrected chi connectivity index (χ3v) is 13.7. The largest absolute Gasteiger partial charge is 0.315 e. The maximum atomic E-state index is 4.32. The number of allylic oxidation sites excluding steroid dienone is 1. The molecule has 0 amide bonds. The molecule has 12 rings (SSSR count). The van der Waals surface area contributed by atoms with Crippen LogP contribution in [0.25, 0.3) is 55.6 Å². The second-order valence-electron chi connectivity index (χ2n) is 17.4. The van der Waals surface area contributed by atoms with Crippen LogP contribution in [0.3, 0.4) is 0 Å². The van der Waals surface area contributed by atoms with E-state index in [-0.39, 0.29) is 0 Å². The lowest BCUT2D eigenvalue weighted by molar-refractivity contribution is 0.794. The van der Waals surface area contributed by atoms with Crippen molar-refractivity contribution in [1.82, 2.24) is 0 Å². The van der Waals surface area contributed by atoms with E-state index in [9.17, 15) is 0 Å². The molecule has 0 aliphatic heterocycles. The third-order valence-electron chi connectivity index (χ3n) is 13.7. The third kappa shape index (κ3) is 6.25. The van der Waals surface area contributed by atoms with Crippen LogP contribution in [-0.2, 0) is 5.41 Å². The van der Waals surface area contributed by atoms with Gasteiger partial charge in [0.05, 0.1) is 5.41 Å². The second kappa shape index (κ2) is 16.0. The molecule has 312 valence electrons. The van der Waals surface area contributed by atoms with Crippen molar-refractivity contribution in [3.05, 3.63) is 283 Å². The summed E-state index contributed by atoms with van der Waals surface area (Å²) in [6.07, 6.45) is 0. The summed E-state index contributed by atoms with van der Waals surface area (Å²) in [5, 5.41) is 0. The van der Waals surface area contributed by atoms with Gasteiger partial charge in [-0.2, -0.15) is 0 Å². The number of anilines is 5. The van der Waals surface area contributed by atoms with Crippen LogP contribution >= 0.6 is 0 Å². The molecule has 0 radical (unpaired) electrons. The van der Waals surface area contributed by atoms with Crippen LogP contribution in [0, 0.1) is 0 Å². The van der Waals surface area contributed by atoms with Crippen LogP contribution < -0.4 is 9.80 Å². The van der Waals surface area contributed by atoms with E-state index >= 15 is 0 Å². The van der Waals surface area contributed by atoms with Gasteiger partial charge in [0.25, 0.3) is 0 Å². The monoisotopic (exact) mass is 842 g/mol. The lowest BCUT2D eigenvalue weighted by atomic mass is 9.70. The molecule has 66 heavy (non-hydrogen) atoms. The van der Waals surface area contributed by atoms with E-state index in [1.165, 1.54) is 77.9 Å². The van der Waals surface area contributed by atoms with Crippen molar-refractivity contribution in [2.75, 3.05) is 9.80 Å². The fourth-order valence-corrected chi connectivity index (χ4v) is 10.8. The summed E-state index contributed by atoms with van der Waals surface area (Å²) >= 11 is 0. The zero-order chi connectivity index (χ0) is 44.2. The van der Waals surface area contributed by atoms with Crippen LogP contribution in [0.1, 0.15) is 29.2 Å². The Morgan fingerprint density at radius 3 is 1.36 bits per heavy atom. The van der Waals surface area contributed by atoms with Crippen molar-refractivity contribution in [2.45, 2.75) is 12.3 Å². The predicted molar refractivity (Wildman–Crippen MR) is 277 cm³/mol. The molecule has 10 aromatic carbocycles. The fraction of sp³-hybridized carbons (Fsp3) is 0.0312. The molecule has 0 N–H and O–H groups in total. The van der Waals surface area contributed by atoms with E-state index in [0.717, 1.165) is 34.1 Å². The average Bonchev–Trinajstić information content (AvgIpc) is 3.85. The Hall–Kier alpha value is -8.46. The molecule has 1 unspecified atom stereocenters. The minimum atomic E-state index is -0.482. The first-order valence-corrected chi connectivity index (χ1v) is 22.8. The van der Waals surface area contributed by atoms with E-state index < -0.39 is 5.41 Å². The van der Waals surface area contributed by atoms with Gasteiger partial charge in [-0.05, 0) is 152 Å². The zero-order valence-corrected chi connectivity index (χ0v) is 36.8. The summed E-state index contributed by atoms with van der Waals surface area (Å²) in [7, 11) is 0. The first kappa shape index (κ1) is 39.2. The molecule has 0 bridgehead atoms. The van der Waals surface area contributed by atoms with Crippen molar-refractivity contribution in [2.24, 2.45) is 0 Å². The second-order valence-corrected chi connectivity index (χ2v) is 17.4. The summed E-state index contributed by atoms with van der Waals surface area (Å²) in [5.41, 5.74) is 23.7. The standard InChI is InChI=1S/C64H46N2/c1-44(2)65(50-19-8-4-9-20-50)52-36-31-47(32-37-52)49-35-42-57-56-23-12-14-26-59(56)64(62(57)43-49)60-27-15-13-24-58(60)63-55(25-16-28-61(63)64)48-33-40-54(41-34-48)66(51-21-10-5-11-22-51)53-38-29-46(30-39-53)45-17-6-3-7-18-45/h3-43H,1H2,2H3. The molecule has 0 saturated heterocycles. The van der Waals surface area contributed by atoms with Crippen molar-refractivity contribution < 1.29 is 0 Å². The van der Waals surface area contributed by atoms with Gasteiger partial charge in [0.2, 0.25) is 0 Å². The average molecular weight is 843 g/mol. The van der Waals surface area contributed by atoms with Gasteiger partial charge in [-0.1, -0.05) is 189 Å². The summed E-state index contributed by atoms with van der Waals surface area (Å²) < 4.78 is 0. The zero-order valence-electron chi connectivity index (χ0n) is 36.8. The highest BCUT2D eigenvalue weighted by Gasteiger charge is 2.52. The Morgan fingerprint density at radius 2 is 0.727 bits per heavy atom. The maximum Gasteiger partial charge on any atom is 0.0725 e. The first-order valence-electron chi connectivity index (χ1n) is 22.8. The summed E-state index contributed by atoms with van der Waals surface area (Å²) in [5.74, 6) is 0. The molecular weight excluding hydrogens is 797 g/mol. The molecule has 0 aromatic heterocycles. The van der Waals surface area contributed by atoms with Crippen molar-refractivity contribution >= 4 is 28.4 Å². The molecule has 1 spiro atoms. The van der Waals surface area contributed by atoms with Crippen molar-refractivity contribution in [3.8, 4) is 55.6 Å². The highest BCUT2D eigenvalue weighted by molar-refractivity contribution is 6.00. The number of hydrogen-bond acceptors (Lipinski definition) is 2. The molecule has 2 heteroatoms. The topological polar surface area (TPSA) is 6.48 Å². The molecular formula is C64H46N2. The van der Waals surface area contributed by atoms with E-state index in [1.807, 2.05) is 0 Å². The molecule has 10 aromatic rings. The van der Waals surface area contributed by atoms with E-state index in [1.54, 1.807) is 0 Å². The Morgan fingerprint density at radius 1 is 0.318 bits per heavy atom. The number of benzene rings is 10. The quantitative estimate of drug-likeness (QED) is 0.143. The van der Waals surface area contributed by atoms with Crippen LogP contribution in [0.15, 0.2) is 261 Å². The minimum Gasteiger partial charge on any atom is -0.315 e. The van der Waals surface area contributed by atoms with Gasteiger partial charge in [0.15, 0.2) is 0 Å². The Bertz CT molecular complexity index is 3410. The van der Waals surface area contributed by atoms with Gasteiger partial charge in [-0.25, -0.2) is 0 Å². The van der Waals surface area contributed by atoms with Crippen LogP contribution in [0.2, 0.25) is 0 Å². The van der Waals surface area contributed by atoms with Crippen molar-refractivity contribution in [3.63, 3.8) is 0 Å². The van der Waals surface area contributed by atoms with Crippen molar-refractivity contribution in [1.29, 1.82) is 0 Å². The first-order chi connectivity index (χ1) is 32.6. The molecule has 2 aliphatic rings. The molecule has 2 aliphatic carbocycles. The van der Waals surface area contributed by atoms with E-state index in [4.69, 9.17) is 0 Å². The highest BCUT2D eigenvalue weighted by atomic mass is 15.1. The van der Waals surface area contributed by atoms with Gasteiger partial charge in [-0.15, -0.1) is 0 Å². The normalized spacial score (nSPS) is 14.0. The van der Waals surface area contributed by atoms with E-state index in [0.29, 0.717) is 0 Å². The van der Waals surface area contributed by atoms with Crippen LogP contribution in [-0.4, -0.2) is 0 Å². The molecule has 0 heterocycles. The smallest absolute Gasteiger partial charge is 0.0725 e. The van der Waals surface area contributed by atoms with Crippen LogP contribution in [0.4, 0.5) is 28.4 Å². The number of nitrogens with zero attached hydrogens (tertiary/aromatic N) is 2. The Balaban J connectivity index is 0.962. The maximum absolute atomic E-state index is 4.32. The van der Waals surface area contributed by atoms with Gasteiger partial charge < -0.3 is 9.80 Å². The van der Waals surface area contributed by atoms with Gasteiger partial charge >= 0.3 is 0 Å². The molecule has 1 atom stereocenters. The number of para-hydroxylation sites is 2. The predicted octanol–water partition coefficient (Wildman–Crippen LogP) is 17.2. The summed E-state index contributed by atoms with van der Waals surface area (Å²) in [4.78, 5) is 4.55. The minimum absolute atomic E-state index is 0.482.